The average molecular weight is 230 g/mol. The van der Waals surface area contributed by atoms with Crippen LogP contribution in [0, 0.1) is 0 Å². The lowest BCUT2D eigenvalue weighted by Crippen LogP contribution is -2.14. The smallest absolute Gasteiger partial charge is 0.229 e. The Morgan fingerprint density at radius 1 is 1.53 bits per heavy atom. The maximum atomic E-state index is 5.82. The molecule has 0 radical (unpaired) electrons. The van der Waals surface area contributed by atoms with Crippen LogP contribution < -0.4 is 5.73 Å². The number of allylic oxidation sites excluding steroid dienone is 1. The number of nitrogens with two attached hydrogens (primary N) is 1. The lowest BCUT2D eigenvalue weighted by molar-refractivity contribution is 0.350. The van der Waals surface area contributed by atoms with Crippen LogP contribution in [0.1, 0.15) is 36.9 Å². The van der Waals surface area contributed by atoms with Crippen molar-refractivity contribution in [1.29, 1.82) is 0 Å². The quantitative estimate of drug-likeness (QED) is 0.803. The molecule has 84 valence electrons. The van der Waals surface area contributed by atoms with Crippen LogP contribution in [0.25, 0.3) is 0 Å². The fraction of sp³-hybridized carbons (Fsp3) is 0.600. The van der Waals surface area contributed by atoms with Gasteiger partial charge in [-0.2, -0.15) is 4.98 Å². The summed E-state index contributed by atoms with van der Waals surface area (Å²) in [6.07, 6.45) is 5.54. The Bertz CT molecular complexity index is 326. The van der Waals surface area contributed by atoms with Crippen molar-refractivity contribution in [1.82, 2.24) is 10.1 Å². The summed E-state index contributed by atoms with van der Waals surface area (Å²) in [5, 5.41) is 3.88. The van der Waals surface area contributed by atoms with Crippen molar-refractivity contribution in [2.75, 3.05) is 0 Å². The molecule has 0 bridgehead atoms. The summed E-state index contributed by atoms with van der Waals surface area (Å²) in [7, 11) is 0. The van der Waals surface area contributed by atoms with Gasteiger partial charge in [0, 0.05) is 18.4 Å². The lowest BCUT2D eigenvalue weighted by atomic mass is 10.1. The molecule has 0 spiro atoms. The lowest BCUT2D eigenvalue weighted by Gasteiger charge is -2.01. The van der Waals surface area contributed by atoms with E-state index in [1.165, 1.54) is 0 Å². The van der Waals surface area contributed by atoms with Gasteiger partial charge in [0.1, 0.15) is 0 Å². The van der Waals surface area contributed by atoms with E-state index in [0.717, 1.165) is 31.0 Å². The summed E-state index contributed by atoms with van der Waals surface area (Å²) in [6, 6.07) is 0.301. The first-order valence-corrected chi connectivity index (χ1v) is 4.98. The van der Waals surface area contributed by atoms with Crippen molar-refractivity contribution in [2.45, 2.75) is 37.6 Å². The fourth-order valence-corrected chi connectivity index (χ4v) is 1.89. The molecule has 0 aromatic carbocycles. The summed E-state index contributed by atoms with van der Waals surface area (Å²) in [6.45, 7) is 3.63. The molecule has 1 heterocycles. The Labute approximate surface area is 95.3 Å². The SMILES string of the molecule is C=CCc1noc(C2CCC(N)C2)n1.Cl. The van der Waals surface area contributed by atoms with Crippen molar-refractivity contribution < 1.29 is 4.52 Å². The van der Waals surface area contributed by atoms with Crippen LogP contribution in [-0.4, -0.2) is 16.2 Å². The highest BCUT2D eigenvalue weighted by atomic mass is 35.5. The zero-order valence-electron chi connectivity index (χ0n) is 8.56. The third-order valence-corrected chi connectivity index (χ3v) is 2.63. The second-order valence-electron chi connectivity index (χ2n) is 3.81. The molecule has 1 fully saturated rings. The van der Waals surface area contributed by atoms with Crippen LogP contribution in [0.5, 0.6) is 0 Å². The highest BCUT2D eigenvalue weighted by Crippen LogP contribution is 2.32. The molecule has 1 saturated carbocycles. The molecule has 1 aliphatic carbocycles. The van der Waals surface area contributed by atoms with E-state index in [-0.39, 0.29) is 12.4 Å². The predicted octanol–water partition coefficient (Wildman–Crippen LogP) is 1.81. The summed E-state index contributed by atoms with van der Waals surface area (Å²) in [4.78, 5) is 4.31. The van der Waals surface area contributed by atoms with Gasteiger partial charge in [-0.25, -0.2) is 0 Å². The van der Waals surface area contributed by atoms with Crippen LogP contribution >= 0.6 is 12.4 Å². The summed E-state index contributed by atoms with van der Waals surface area (Å²) in [5.41, 5.74) is 5.82. The molecule has 15 heavy (non-hydrogen) atoms. The third kappa shape index (κ3) is 2.79. The minimum absolute atomic E-state index is 0. The number of halogens is 1. The molecule has 0 amide bonds. The highest BCUT2D eigenvalue weighted by Gasteiger charge is 2.27. The zero-order valence-corrected chi connectivity index (χ0v) is 9.37. The molecular weight excluding hydrogens is 214 g/mol. The maximum absolute atomic E-state index is 5.82. The Hall–Kier alpha value is -0.870. The first-order chi connectivity index (χ1) is 6.79. The summed E-state index contributed by atoms with van der Waals surface area (Å²) < 4.78 is 5.18. The normalized spacial score (nSPS) is 24.9. The van der Waals surface area contributed by atoms with Gasteiger partial charge in [0.05, 0.1) is 0 Å². The van der Waals surface area contributed by atoms with Gasteiger partial charge in [-0.15, -0.1) is 19.0 Å². The number of rotatable bonds is 3. The Morgan fingerprint density at radius 3 is 2.93 bits per heavy atom. The van der Waals surface area contributed by atoms with Gasteiger partial charge in [0.2, 0.25) is 5.89 Å². The average Bonchev–Trinajstić information content (AvgIpc) is 2.74. The Balaban J connectivity index is 0.00000112. The van der Waals surface area contributed by atoms with E-state index < -0.39 is 0 Å². The van der Waals surface area contributed by atoms with Crippen LogP contribution in [0.15, 0.2) is 17.2 Å². The van der Waals surface area contributed by atoms with E-state index in [1.807, 2.05) is 0 Å². The van der Waals surface area contributed by atoms with Gasteiger partial charge in [-0.05, 0) is 19.3 Å². The van der Waals surface area contributed by atoms with Crippen molar-refractivity contribution >= 4 is 12.4 Å². The van der Waals surface area contributed by atoms with Crippen LogP contribution in [0.4, 0.5) is 0 Å². The number of hydrogen-bond acceptors (Lipinski definition) is 4. The number of hydrogen-bond donors (Lipinski definition) is 1. The van der Waals surface area contributed by atoms with Crippen molar-refractivity contribution in [3.05, 3.63) is 24.4 Å². The van der Waals surface area contributed by atoms with Crippen molar-refractivity contribution in [2.24, 2.45) is 5.73 Å². The molecule has 2 N–H and O–H groups in total. The number of nitrogens with zero attached hydrogens (tertiary/aromatic N) is 2. The molecule has 5 heteroatoms. The van der Waals surface area contributed by atoms with Gasteiger partial charge < -0.3 is 10.3 Å². The topological polar surface area (TPSA) is 64.9 Å². The number of aromatic nitrogens is 2. The van der Waals surface area contributed by atoms with Gasteiger partial charge in [-0.3, -0.25) is 0 Å². The maximum Gasteiger partial charge on any atom is 0.229 e. The largest absolute Gasteiger partial charge is 0.339 e. The van der Waals surface area contributed by atoms with Gasteiger partial charge >= 0.3 is 0 Å². The minimum atomic E-state index is 0. The molecule has 2 atom stereocenters. The van der Waals surface area contributed by atoms with E-state index in [0.29, 0.717) is 18.4 Å². The van der Waals surface area contributed by atoms with Crippen LogP contribution in [0.3, 0.4) is 0 Å². The van der Waals surface area contributed by atoms with Gasteiger partial charge in [-0.1, -0.05) is 11.2 Å². The molecule has 2 rings (SSSR count). The van der Waals surface area contributed by atoms with Gasteiger partial charge in [0.15, 0.2) is 5.82 Å². The second kappa shape index (κ2) is 5.28. The molecule has 0 aliphatic heterocycles. The van der Waals surface area contributed by atoms with Gasteiger partial charge in [0.25, 0.3) is 0 Å². The summed E-state index contributed by atoms with van der Waals surface area (Å²) in [5.74, 6) is 1.83. The highest BCUT2D eigenvalue weighted by molar-refractivity contribution is 5.85. The predicted molar refractivity (Wildman–Crippen MR) is 60.0 cm³/mol. The van der Waals surface area contributed by atoms with E-state index in [2.05, 4.69) is 16.7 Å². The first-order valence-electron chi connectivity index (χ1n) is 4.98. The molecule has 1 aliphatic rings. The Kier molecular flexibility index (Phi) is 4.29. The van der Waals surface area contributed by atoms with Crippen LogP contribution in [-0.2, 0) is 6.42 Å². The van der Waals surface area contributed by atoms with E-state index in [9.17, 15) is 0 Å². The molecule has 0 saturated heterocycles. The summed E-state index contributed by atoms with van der Waals surface area (Å²) >= 11 is 0. The monoisotopic (exact) mass is 229 g/mol. The Morgan fingerprint density at radius 2 is 2.33 bits per heavy atom. The van der Waals surface area contributed by atoms with Crippen molar-refractivity contribution in [3.8, 4) is 0 Å². The molecule has 1 aromatic heterocycles. The zero-order chi connectivity index (χ0) is 9.97. The molecule has 4 nitrogen and oxygen atoms in total. The third-order valence-electron chi connectivity index (χ3n) is 2.63. The van der Waals surface area contributed by atoms with E-state index >= 15 is 0 Å². The molecule has 2 unspecified atom stereocenters. The van der Waals surface area contributed by atoms with Crippen molar-refractivity contribution in [3.63, 3.8) is 0 Å². The fourth-order valence-electron chi connectivity index (χ4n) is 1.89. The standard InChI is InChI=1S/C10H15N3O.ClH/c1-2-3-9-12-10(14-13-9)7-4-5-8(11)6-7;/h2,7-8H,1,3-6,11H2;1H. The first kappa shape index (κ1) is 12.2. The minimum Gasteiger partial charge on any atom is -0.339 e. The van der Waals surface area contributed by atoms with E-state index in [4.69, 9.17) is 10.3 Å². The van der Waals surface area contributed by atoms with E-state index in [1.54, 1.807) is 6.08 Å². The second-order valence-corrected chi connectivity index (χ2v) is 3.81. The van der Waals surface area contributed by atoms with Crippen LogP contribution in [0.2, 0.25) is 0 Å². The molecular formula is C10H16ClN3O. The molecule has 1 aromatic rings.